The van der Waals surface area contributed by atoms with E-state index in [2.05, 4.69) is 10.6 Å². The van der Waals surface area contributed by atoms with Crippen LogP contribution in [0.3, 0.4) is 0 Å². The number of hydrogen-bond acceptors (Lipinski definition) is 2. The highest BCUT2D eigenvalue weighted by Crippen LogP contribution is 2.37. The third kappa shape index (κ3) is 3.59. The minimum atomic E-state index is -4.66. The molecule has 1 heterocycles. The predicted molar refractivity (Wildman–Crippen MR) is 65.9 cm³/mol. The first-order valence-corrected chi connectivity index (χ1v) is 6.34. The number of benzene rings is 1. The average molecular weight is 294 g/mol. The van der Waals surface area contributed by atoms with Crippen LogP contribution in [0, 0.1) is 0 Å². The van der Waals surface area contributed by atoms with E-state index < -0.39 is 23.7 Å². The molecule has 1 aromatic carbocycles. The highest BCUT2D eigenvalue weighted by Gasteiger charge is 2.35. The van der Waals surface area contributed by atoms with E-state index in [9.17, 15) is 22.0 Å². The maximum atomic E-state index is 12.9. The lowest BCUT2D eigenvalue weighted by atomic mass is 10.0. The molecule has 1 aromatic rings. The van der Waals surface area contributed by atoms with E-state index in [1.54, 1.807) is 0 Å². The van der Waals surface area contributed by atoms with Crippen molar-refractivity contribution < 1.29 is 22.0 Å². The normalized spacial score (nSPS) is 20.2. The zero-order valence-corrected chi connectivity index (χ0v) is 10.6. The van der Waals surface area contributed by atoms with Crippen molar-refractivity contribution in [2.75, 3.05) is 18.4 Å². The van der Waals surface area contributed by atoms with Crippen LogP contribution in [-0.2, 0) is 6.18 Å². The zero-order valence-electron chi connectivity index (χ0n) is 10.6. The van der Waals surface area contributed by atoms with Crippen molar-refractivity contribution in [2.24, 2.45) is 0 Å². The molecule has 0 spiro atoms. The van der Waals surface area contributed by atoms with E-state index in [1.165, 1.54) is 0 Å². The van der Waals surface area contributed by atoms with Crippen LogP contribution in [0.1, 0.15) is 30.4 Å². The van der Waals surface area contributed by atoms with E-state index in [4.69, 9.17) is 0 Å². The van der Waals surface area contributed by atoms with Gasteiger partial charge in [-0.05, 0) is 31.5 Å². The topological polar surface area (TPSA) is 24.1 Å². The van der Waals surface area contributed by atoms with E-state index in [0.717, 1.165) is 31.5 Å². The Labute approximate surface area is 113 Å². The van der Waals surface area contributed by atoms with Gasteiger partial charge in [0.1, 0.15) is 0 Å². The van der Waals surface area contributed by atoms with Crippen molar-refractivity contribution >= 4 is 5.69 Å². The molecule has 2 nitrogen and oxygen atoms in total. The molecule has 1 unspecified atom stereocenters. The summed E-state index contributed by atoms with van der Waals surface area (Å²) in [6, 6.07) is 2.50. The number of hydrogen-bond donors (Lipinski definition) is 2. The first-order valence-electron chi connectivity index (χ1n) is 6.34. The molecule has 1 saturated heterocycles. The molecule has 1 aliphatic rings. The van der Waals surface area contributed by atoms with Gasteiger partial charge in [0.25, 0.3) is 6.43 Å². The third-order valence-electron chi connectivity index (χ3n) is 3.26. The lowest BCUT2D eigenvalue weighted by Crippen LogP contribution is -2.38. The molecule has 2 rings (SSSR count). The van der Waals surface area contributed by atoms with Crippen LogP contribution in [0.4, 0.5) is 27.6 Å². The van der Waals surface area contributed by atoms with Crippen LogP contribution < -0.4 is 10.6 Å². The third-order valence-corrected chi connectivity index (χ3v) is 3.26. The fraction of sp³-hybridized carbons (Fsp3) is 0.538. The summed E-state index contributed by atoms with van der Waals surface area (Å²) in [6.07, 6.45) is -5.95. The largest absolute Gasteiger partial charge is 0.418 e. The molecule has 112 valence electrons. The van der Waals surface area contributed by atoms with E-state index >= 15 is 0 Å². The SMILES string of the molecule is FC(F)c1ccc(NC2CCCNC2)c(C(F)(F)F)c1. The lowest BCUT2D eigenvalue weighted by Gasteiger charge is -2.26. The molecular weight excluding hydrogens is 279 g/mol. The van der Waals surface area contributed by atoms with E-state index in [-0.39, 0.29) is 11.7 Å². The van der Waals surface area contributed by atoms with Gasteiger partial charge in [-0.2, -0.15) is 13.2 Å². The Kier molecular flexibility index (Phi) is 4.47. The van der Waals surface area contributed by atoms with Crippen LogP contribution in [0.5, 0.6) is 0 Å². The van der Waals surface area contributed by atoms with Gasteiger partial charge in [-0.15, -0.1) is 0 Å². The number of anilines is 1. The second kappa shape index (κ2) is 5.95. The molecule has 0 aromatic heterocycles. The van der Waals surface area contributed by atoms with Crippen LogP contribution in [0.2, 0.25) is 0 Å². The second-order valence-corrected chi connectivity index (χ2v) is 4.79. The second-order valence-electron chi connectivity index (χ2n) is 4.79. The molecule has 1 aliphatic heterocycles. The molecule has 1 fully saturated rings. The number of nitrogens with one attached hydrogen (secondary N) is 2. The first-order chi connectivity index (χ1) is 9.38. The fourth-order valence-electron chi connectivity index (χ4n) is 2.25. The Morgan fingerprint density at radius 1 is 1.25 bits per heavy atom. The molecular formula is C13H15F5N2. The summed E-state index contributed by atoms with van der Waals surface area (Å²) < 4.78 is 63.9. The zero-order chi connectivity index (χ0) is 14.8. The lowest BCUT2D eigenvalue weighted by molar-refractivity contribution is -0.137. The average Bonchev–Trinajstić information content (AvgIpc) is 2.39. The van der Waals surface area contributed by atoms with Crippen LogP contribution >= 0.6 is 0 Å². The summed E-state index contributed by atoms with van der Waals surface area (Å²) in [6.45, 7) is 1.41. The Morgan fingerprint density at radius 2 is 2.00 bits per heavy atom. The van der Waals surface area contributed by atoms with Gasteiger partial charge in [-0.3, -0.25) is 0 Å². The predicted octanol–water partition coefficient (Wildman–Crippen LogP) is 3.81. The van der Waals surface area contributed by atoms with Crippen molar-refractivity contribution in [1.82, 2.24) is 5.32 Å². The minimum absolute atomic E-state index is 0.123. The van der Waals surface area contributed by atoms with Gasteiger partial charge < -0.3 is 10.6 Å². The molecule has 0 amide bonds. The smallest absolute Gasteiger partial charge is 0.381 e. The van der Waals surface area contributed by atoms with E-state index in [0.29, 0.717) is 12.6 Å². The van der Waals surface area contributed by atoms with Crippen LogP contribution in [-0.4, -0.2) is 19.1 Å². The van der Waals surface area contributed by atoms with Crippen LogP contribution in [0.25, 0.3) is 0 Å². The van der Waals surface area contributed by atoms with Crippen molar-refractivity contribution in [2.45, 2.75) is 31.5 Å². The maximum Gasteiger partial charge on any atom is 0.418 e. The summed E-state index contributed by atoms with van der Waals surface area (Å²) in [5.74, 6) is 0. The highest BCUT2D eigenvalue weighted by atomic mass is 19.4. The molecule has 0 saturated carbocycles. The quantitative estimate of drug-likeness (QED) is 0.828. The summed E-state index contributed by atoms with van der Waals surface area (Å²) in [7, 11) is 0. The summed E-state index contributed by atoms with van der Waals surface area (Å²) in [4.78, 5) is 0. The molecule has 0 radical (unpaired) electrons. The summed E-state index contributed by atoms with van der Waals surface area (Å²) in [5, 5.41) is 5.87. The Balaban J connectivity index is 2.26. The van der Waals surface area contributed by atoms with Gasteiger partial charge in [-0.25, -0.2) is 8.78 Å². The molecule has 1 atom stereocenters. The number of alkyl halides is 5. The Bertz CT molecular complexity index is 453. The fourth-order valence-corrected chi connectivity index (χ4v) is 2.25. The first kappa shape index (κ1) is 15.0. The molecule has 0 bridgehead atoms. The van der Waals surface area contributed by atoms with Gasteiger partial charge in [0.2, 0.25) is 0 Å². The number of piperidine rings is 1. The van der Waals surface area contributed by atoms with Gasteiger partial charge in [-0.1, -0.05) is 6.07 Å². The standard InChI is InChI=1S/C13H15F5N2/c14-12(15)8-3-4-11(10(6-8)13(16,17)18)20-9-2-1-5-19-7-9/h3-4,6,9,12,19-20H,1-2,5,7H2. The minimum Gasteiger partial charge on any atom is -0.381 e. The number of rotatable bonds is 3. The van der Waals surface area contributed by atoms with Gasteiger partial charge in [0.05, 0.1) is 5.56 Å². The molecule has 0 aliphatic carbocycles. The van der Waals surface area contributed by atoms with Crippen LogP contribution in [0.15, 0.2) is 18.2 Å². The van der Waals surface area contributed by atoms with Crippen molar-refractivity contribution in [3.63, 3.8) is 0 Å². The van der Waals surface area contributed by atoms with Gasteiger partial charge in [0.15, 0.2) is 0 Å². The van der Waals surface area contributed by atoms with Gasteiger partial charge >= 0.3 is 6.18 Å². The Hall–Kier alpha value is -1.37. The highest BCUT2D eigenvalue weighted by molar-refractivity contribution is 5.55. The maximum absolute atomic E-state index is 12.9. The summed E-state index contributed by atoms with van der Waals surface area (Å²) >= 11 is 0. The van der Waals surface area contributed by atoms with Crippen molar-refractivity contribution in [3.05, 3.63) is 29.3 Å². The molecule has 2 N–H and O–H groups in total. The van der Waals surface area contributed by atoms with E-state index in [1.807, 2.05) is 0 Å². The number of halogens is 5. The molecule has 7 heteroatoms. The van der Waals surface area contributed by atoms with Crippen molar-refractivity contribution in [3.8, 4) is 0 Å². The van der Waals surface area contributed by atoms with Gasteiger partial charge in [0, 0.05) is 23.8 Å². The van der Waals surface area contributed by atoms with Crippen molar-refractivity contribution in [1.29, 1.82) is 0 Å². The summed E-state index contributed by atoms with van der Waals surface area (Å²) in [5.41, 5.74) is -1.80. The Morgan fingerprint density at radius 3 is 2.55 bits per heavy atom. The monoisotopic (exact) mass is 294 g/mol. The molecule has 20 heavy (non-hydrogen) atoms.